The van der Waals surface area contributed by atoms with Gasteiger partial charge in [-0.15, -0.1) is 11.3 Å². The molecule has 6 heteroatoms. The van der Waals surface area contributed by atoms with E-state index in [1.165, 1.54) is 12.1 Å². The Morgan fingerprint density at radius 3 is 2.75 bits per heavy atom. The second-order valence-corrected chi connectivity index (χ2v) is 6.37. The molecule has 0 fully saturated rings. The van der Waals surface area contributed by atoms with E-state index < -0.39 is 5.82 Å². The number of benzene rings is 1. The Bertz CT molecular complexity index is 575. The zero-order valence-corrected chi connectivity index (χ0v) is 13.5. The van der Waals surface area contributed by atoms with Crippen molar-refractivity contribution in [2.24, 2.45) is 0 Å². The molecule has 0 aliphatic carbocycles. The monoisotopic (exact) mass is 332 g/mol. The zero-order chi connectivity index (χ0) is 14.7. The minimum absolute atomic E-state index is 0.0828. The fourth-order valence-electron chi connectivity index (χ4n) is 1.96. The predicted octanol–water partition coefficient (Wildman–Crippen LogP) is 5.04. The first-order valence-corrected chi connectivity index (χ1v) is 7.90. The lowest BCUT2D eigenvalue weighted by molar-refractivity contribution is 0.532. The Morgan fingerprint density at radius 2 is 2.10 bits per heavy atom. The molecule has 0 bridgehead atoms. The highest BCUT2D eigenvalue weighted by molar-refractivity contribution is 7.09. The van der Waals surface area contributed by atoms with Gasteiger partial charge >= 0.3 is 0 Å². The Hall–Kier alpha value is -0.680. The van der Waals surface area contributed by atoms with Crippen LogP contribution in [-0.4, -0.2) is 11.5 Å². The summed E-state index contributed by atoms with van der Waals surface area (Å²) in [6, 6.07) is 2.67. The summed E-state index contributed by atoms with van der Waals surface area (Å²) >= 11 is 13.7. The summed E-state index contributed by atoms with van der Waals surface area (Å²) in [4.78, 5) is 4.28. The first kappa shape index (κ1) is 15.7. The first-order valence-electron chi connectivity index (χ1n) is 6.27. The molecule has 1 aromatic heterocycles. The summed E-state index contributed by atoms with van der Waals surface area (Å²) in [5.74, 6) is -0.170. The minimum atomic E-state index is -0.451. The van der Waals surface area contributed by atoms with E-state index in [4.69, 9.17) is 23.2 Å². The third-order valence-corrected chi connectivity index (χ3v) is 4.84. The van der Waals surface area contributed by atoms with Crippen LogP contribution in [-0.2, 0) is 0 Å². The summed E-state index contributed by atoms with van der Waals surface area (Å²) in [5, 5.41) is 6.90. The quantitative estimate of drug-likeness (QED) is 0.775. The highest BCUT2D eigenvalue weighted by atomic mass is 35.5. The van der Waals surface area contributed by atoms with Gasteiger partial charge in [-0.3, -0.25) is 0 Å². The number of hydrogen-bond donors (Lipinski definition) is 1. The van der Waals surface area contributed by atoms with E-state index in [9.17, 15) is 4.39 Å². The molecule has 0 aliphatic heterocycles. The maximum absolute atomic E-state index is 13.5. The van der Waals surface area contributed by atoms with E-state index in [-0.39, 0.29) is 17.0 Å². The van der Waals surface area contributed by atoms with E-state index in [0.29, 0.717) is 10.6 Å². The van der Waals surface area contributed by atoms with E-state index in [1.54, 1.807) is 17.5 Å². The molecule has 2 nitrogen and oxygen atoms in total. The molecule has 108 valence electrons. The summed E-state index contributed by atoms with van der Waals surface area (Å²) in [5.41, 5.74) is 0.597. The van der Waals surface area contributed by atoms with Crippen molar-refractivity contribution in [2.75, 3.05) is 6.54 Å². The summed E-state index contributed by atoms with van der Waals surface area (Å²) < 4.78 is 13.5. The SMILES string of the molecule is CC(CNC(C)c1c(Cl)ccc(F)c1Cl)c1nccs1. The first-order chi connectivity index (χ1) is 9.50. The van der Waals surface area contributed by atoms with Crippen LogP contribution in [0.3, 0.4) is 0 Å². The molecule has 2 atom stereocenters. The second-order valence-electron chi connectivity index (χ2n) is 4.66. The summed E-state index contributed by atoms with van der Waals surface area (Å²) in [6.07, 6.45) is 1.79. The van der Waals surface area contributed by atoms with E-state index in [1.807, 2.05) is 12.3 Å². The molecule has 1 heterocycles. The van der Waals surface area contributed by atoms with Crippen molar-refractivity contribution < 1.29 is 4.39 Å². The van der Waals surface area contributed by atoms with Crippen LogP contribution in [0.15, 0.2) is 23.7 Å². The molecule has 2 unspecified atom stereocenters. The molecule has 0 aliphatic rings. The van der Waals surface area contributed by atoms with Gasteiger partial charge < -0.3 is 5.32 Å². The molecule has 2 rings (SSSR count). The Morgan fingerprint density at radius 1 is 1.35 bits per heavy atom. The van der Waals surface area contributed by atoms with Gasteiger partial charge in [0.2, 0.25) is 0 Å². The van der Waals surface area contributed by atoms with Crippen molar-refractivity contribution in [1.82, 2.24) is 10.3 Å². The zero-order valence-electron chi connectivity index (χ0n) is 11.2. The average Bonchev–Trinajstić information content (AvgIpc) is 2.95. The number of nitrogens with zero attached hydrogens (tertiary/aromatic N) is 1. The van der Waals surface area contributed by atoms with Crippen LogP contribution in [0, 0.1) is 5.82 Å². The molecular formula is C14H15Cl2FN2S. The molecule has 1 N–H and O–H groups in total. The minimum Gasteiger partial charge on any atom is -0.309 e. The van der Waals surface area contributed by atoms with Gasteiger partial charge in [-0.1, -0.05) is 30.1 Å². The van der Waals surface area contributed by atoms with E-state index in [0.717, 1.165) is 11.6 Å². The largest absolute Gasteiger partial charge is 0.309 e. The third kappa shape index (κ3) is 3.50. The smallest absolute Gasteiger partial charge is 0.142 e. The van der Waals surface area contributed by atoms with Crippen molar-refractivity contribution >= 4 is 34.5 Å². The maximum atomic E-state index is 13.5. The molecule has 20 heavy (non-hydrogen) atoms. The Balaban J connectivity index is 2.06. The number of rotatable bonds is 5. The van der Waals surface area contributed by atoms with Crippen molar-refractivity contribution in [3.05, 3.63) is 50.1 Å². The summed E-state index contributed by atoms with van der Waals surface area (Å²) in [6.45, 7) is 4.73. The van der Waals surface area contributed by atoms with Crippen LogP contribution >= 0.6 is 34.5 Å². The predicted molar refractivity (Wildman–Crippen MR) is 83.4 cm³/mol. The van der Waals surface area contributed by atoms with Crippen LogP contribution in [0.1, 0.15) is 36.4 Å². The number of aromatic nitrogens is 1. The van der Waals surface area contributed by atoms with Gasteiger partial charge in [-0.25, -0.2) is 9.37 Å². The lowest BCUT2D eigenvalue weighted by atomic mass is 10.1. The lowest BCUT2D eigenvalue weighted by Crippen LogP contribution is -2.24. The molecular weight excluding hydrogens is 318 g/mol. The normalized spacial score (nSPS) is 14.2. The highest BCUT2D eigenvalue weighted by Gasteiger charge is 2.18. The van der Waals surface area contributed by atoms with Crippen LogP contribution in [0.25, 0.3) is 0 Å². The van der Waals surface area contributed by atoms with Gasteiger partial charge in [0.05, 0.1) is 10.0 Å². The van der Waals surface area contributed by atoms with Crippen LogP contribution in [0.2, 0.25) is 10.0 Å². The fraction of sp³-hybridized carbons (Fsp3) is 0.357. The molecule has 0 saturated carbocycles. The van der Waals surface area contributed by atoms with Gasteiger partial charge in [0, 0.05) is 40.7 Å². The third-order valence-electron chi connectivity index (χ3n) is 3.12. The van der Waals surface area contributed by atoms with Crippen molar-refractivity contribution in [1.29, 1.82) is 0 Å². The van der Waals surface area contributed by atoms with Crippen LogP contribution < -0.4 is 5.32 Å². The second kappa shape index (κ2) is 6.85. The number of hydrogen-bond acceptors (Lipinski definition) is 3. The molecule has 1 aromatic carbocycles. The van der Waals surface area contributed by atoms with Crippen molar-refractivity contribution in [3.8, 4) is 0 Å². The number of nitrogens with one attached hydrogen (secondary N) is 1. The fourth-order valence-corrected chi connectivity index (χ4v) is 3.36. The Labute approximate surface area is 131 Å². The lowest BCUT2D eigenvalue weighted by Gasteiger charge is -2.19. The van der Waals surface area contributed by atoms with E-state index >= 15 is 0 Å². The van der Waals surface area contributed by atoms with Crippen LogP contribution in [0.4, 0.5) is 4.39 Å². The van der Waals surface area contributed by atoms with Gasteiger partial charge in [-0.05, 0) is 19.1 Å². The van der Waals surface area contributed by atoms with Gasteiger partial charge in [0.1, 0.15) is 5.82 Å². The number of thiazole rings is 1. The molecule has 2 aromatic rings. The average molecular weight is 333 g/mol. The Kier molecular flexibility index (Phi) is 5.38. The van der Waals surface area contributed by atoms with Crippen LogP contribution in [0.5, 0.6) is 0 Å². The topological polar surface area (TPSA) is 24.9 Å². The molecule has 0 spiro atoms. The van der Waals surface area contributed by atoms with Gasteiger partial charge in [-0.2, -0.15) is 0 Å². The van der Waals surface area contributed by atoms with Crippen molar-refractivity contribution in [3.63, 3.8) is 0 Å². The highest BCUT2D eigenvalue weighted by Crippen LogP contribution is 2.32. The van der Waals surface area contributed by atoms with Crippen molar-refractivity contribution in [2.45, 2.75) is 25.8 Å². The summed E-state index contributed by atoms with van der Waals surface area (Å²) in [7, 11) is 0. The number of halogens is 3. The van der Waals surface area contributed by atoms with E-state index in [2.05, 4.69) is 17.2 Å². The van der Waals surface area contributed by atoms with Gasteiger partial charge in [0.15, 0.2) is 0 Å². The van der Waals surface area contributed by atoms with Gasteiger partial charge in [0.25, 0.3) is 0 Å². The maximum Gasteiger partial charge on any atom is 0.142 e. The molecule has 0 radical (unpaired) electrons. The molecule has 0 saturated heterocycles. The molecule has 0 amide bonds. The standard InChI is InChI=1S/C14H15Cl2FN2S/c1-8(14-18-5-6-20-14)7-19-9(2)12-10(15)3-4-11(17)13(12)16/h3-6,8-9,19H,7H2,1-2H3.